The molecule has 0 saturated carbocycles. The molecule has 0 radical (unpaired) electrons. The molecule has 0 aliphatic carbocycles. The fourth-order valence-electron chi connectivity index (χ4n) is 2.38. The largest absolute Gasteiger partial charge is 0.465 e. The highest BCUT2D eigenvalue weighted by molar-refractivity contribution is 7.99. The number of halogens is 4. The van der Waals surface area contributed by atoms with E-state index in [1.54, 1.807) is 0 Å². The molecule has 0 N–H and O–H groups in total. The summed E-state index contributed by atoms with van der Waals surface area (Å²) in [7, 11) is 0. The summed E-state index contributed by atoms with van der Waals surface area (Å²) in [5.74, 6) is 2.66. The Bertz CT molecular complexity index is 1010. The topological polar surface area (TPSA) is 78.7 Å². The predicted octanol–water partition coefficient (Wildman–Crippen LogP) is 5.51. The Morgan fingerprint density at radius 2 is 2.00 bits per heavy atom. The van der Waals surface area contributed by atoms with E-state index in [2.05, 4.69) is 5.92 Å². The van der Waals surface area contributed by atoms with Gasteiger partial charge in [-0.25, -0.2) is 0 Å². The second-order valence-electron chi connectivity index (χ2n) is 5.95. The smallest absolute Gasteiger partial charge is 0.416 e. The molecule has 2 aromatic carbocycles. The van der Waals surface area contributed by atoms with Crippen LogP contribution in [0.15, 0.2) is 36.4 Å². The van der Waals surface area contributed by atoms with Gasteiger partial charge in [0, 0.05) is 17.4 Å². The van der Waals surface area contributed by atoms with E-state index in [1.807, 2.05) is 0 Å². The van der Waals surface area contributed by atoms with Crippen molar-refractivity contribution >= 4 is 35.0 Å². The van der Waals surface area contributed by atoms with Crippen molar-refractivity contribution in [2.24, 2.45) is 0 Å². The highest BCUT2D eigenvalue weighted by Crippen LogP contribution is 2.37. The number of hydrogen-bond acceptors (Lipinski definition) is 6. The van der Waals surface area contributed by atoms with Crippen LogP contribution in [0.4, 0.5) is 18.9 Å². The van der Waals surface area contributed by atoms with E-state index in [9.17, 15) is 28.1 Å². The molecule has 0 spiro atoms. The van der Waals surface area contributed by atoms with Crippen LogP contribution < -0.4 is 4.74 Å². The molecule has 0 unspecified atom stereocenters. The van der Waals surface area contributed by atoms with Gasteiger partial charge in [-0.05, 0) is 30.3 Å². The zero-order valence-corrected chi connectivity index (χ0v) is 17.4. The first kappa shape index (κ1) is 24.4. The molecule has 0 heterocycles. The minimum Gasteiger partial charge on any atom is -0.465 e. The Kier molecular flexibility index (Phi) is 8.59. The van der Waals surface area contributed by atoms with E-state index in [0.717, 1.165) is 18.2 Å². The first-order valence-corrected chi connectivity index (χ1v) is 10.1. The molecule has 2 rings (SSSR count). The third-order valence-corrected chi connectivity index (χ3v) is 4.87. The van der Waals surface area contributed by atoms with E-state index in [1.165, 1.54) is 23.9 Å². The third-order valence-electron chi connectivity index (χ3n) is 3.75. The van der Waals surface area contributed by atoms with Crippen LogP contribution in [0.1, 0.15) is 11.1 Å². The van der Waals surface area contributed by atoms with Crippen molar-refractivity contribution < 1.29 is 32.4 Å². The predicted molar refractivity (Wildman–Crippen MR) is 110 cm³/mol. The van der Waals surface area contributed by atoms with Crippen LogP contribution in [0.2, 0.25) is 5.02 Å². The summed E-state index contributed by atoms with van der Waals surface area (Å²) in [6.45, 7) is 0.0936. The second kappa shape index (κ2) is 10.9. The lowest BCUT2D eigenvalue weighted by Gasteiger charge is -2.12. The number of alkyl halides is 3. The van der Waals surface area contributed by atoms with Crippen molar-refractivity contribution in [1.29, 1.82) is 0 Å². The number of rotatable bonds is 9. The maximum absolute atomic E-state index is 12.8. The number of nitrogens with zero attached hydrogens (tertiary/aromatic N) is 1. The van der Waals surface area contributed by atoms with Gasteiger partial charge < -0.3 is 9.47 Å². The number of terminal acetylenes is 1. The van der Waals surface area contributed by atoms with Gasteiger partial charge in [0.1, 0.15) is 18.1 Å². The number of esters is 1. The van der Waals surface area contributed by atoms with E-state index in [0.29, 0.717) is 17.6 Å². The quantitative estimate of drug-likeness (QED) is 0.157. The lowest BCUT2D eigenvalue weighted by atomic mass is 10.1. The van der Waals surface area contributed by atoms with E-state index in [4.69, 9.17) is 27.5 Å². The fourth-order valence-corrected chi connectivity index (χ4v) is 3.07. The van der Waals surface area contributed by atoms with Gasteiger partial charge in [0.15, 0.2) is 0 Å². The van der Waals surface area contributed by atoms with Gasteiger partial charge in [0.25, 0.3) is 5.69 Å². The molecule has 0 bridgehead atoms. The summed E-state index contributed by atoms with van der Waals surface area (Å²) in [5, 5.41) is 11.0. The number of thioether (sulfide) groups is 1. The van der Waals surface area contributed by atoms with Crippen LogP contribution in [0, 0.1) is 22.5 Å². The maximum atomic E-state index is 12.8. The Morgan fingerprint density at radius 1 is 1.26 bits per heavy atom. The maximum Gasteiger partial charge on any atom is 0.416 e. The average Bonchev–Trinajstić information content (AvgIpc) is 2.68. The molecular formula is C20H15ClF3NO5S. The SMILES string of the molecule is C#CCSCCOC(=O)Cc1cc(Oc2ccc(C(F)(F)F)cc2Cl)ccc1[N+](=O)[O-]. The minimum atomic E-state index is -4.57. The average molecular weight is 474 g/mol. The number of ether oxygens (including phenoxy) is 2. The Morgan fingerprint density at radius 3 is 2.61 bits per heavy atom. The lowest BCUT2D eigenvalue weighted by Crippen LogP contribution is -2.11. The van der Waals surface area contributed by atoms with Crippen LogP contribution in [0.5, 0.6) is 11.5 Å². The molecule has 0 amide bonds. The van der Waals surface area contributed by atoms with Crippen molar-refractivity contribution in [3.8, 4) is 23.8 Å². The summed E-state index contributed by atoms with van der Waals surface area (Å²) in [4.78, 5) is 22.6. The Balaban J connectivity index is 2.15. The van der Waals surface area contributed by atoms with Gasteiger partial charge >= 0.3 is 12.1 Å². The first-order valence-electron chi connectivity index (χ1n) is 8.60. The van der Waals surface area contributed by atoms with Gasteiger partial charge in [-0.3, -0.25) is 14.9 Å². The van der Waals surface area contributed by atoms with Crippen LogP contribution in [0.3, 0.4) is 0 Å². The van der Waals surface area contributed by atoms with Crippen LogP contribution in [-0.2, 0) is 22.1 Å². The number of nitro benzene ring substituents is 1. The minimum absolute atomic E-state index is 0.0202. The van der Waals surface area contributed by atoms with Gasteiger partial charge in [0.05, 0.1) is 27.7 Å². The van der Waals surface area contributed by atoms with Gasteiger partial charge in [-0.1, -0.05) is 17.5 Å². The molecular weight excluding hydrogens is 459 g/mol. The van der Waals surface area contributed by atoms with E-state index in [-0.39, 0.29) is 34.4 Å². The first-order chi connectivity index (χ1) is 14.6. The summed E-state index contributed by atoms with van der Waals surface area (Å²) < 4.78 is 48.8. The number of benzene rings is 2. The zero-order chi connectivity index (χ0) is 23.0. The van der Waals surface area contributed by atoms with E-state index >= 15 is 0 Å². The second-order valence-corrected chi connectivity index (χ2v) is 7.46. The molecule has 0 aromatic heterocycles. The fraction of sp³-hybridized carbons (Fsp3) is 0.250. The van der Waals surface area contributed by atoms with Crippen molar-refractivity contribution in [1.82, 2.24) is 0 Å². The van der Waals surface area contributed by atoms with Crippen LogP contribution in [-0.4, -0.2) is 29.0 Å². The summed E-state index contributed by atoms with van der Waals surface area (Å²) in [6, 6.07) is 6.15. The van der Waals surface area contributed by atoms with Crippen molar-refractivity contribution in [3.05, 3.63) is 62.7 Å². The normalized spacial score (nSPS) is 10.9. The summed E-state index contributed by atoms with van der Waals surface area (Å²) in [6.07, 6.45) is 0.148. The van der Waals surface area contributed by atoms with E-state index < -0.39 is 29.1 Å². The Hall–Kier alpha value is -2.90. The molecule has 0 aliphatic heterocycles. The molecule has 0 fully saturated rings. The number of hydrogen-bond donors (Lipinski definition) is 0. The highest BCUT2D eigenvalue weighted by atomic mass is 35.5. The highest BCUT2D eigenvalue weighted by Gasteiger charge is 2.31. The van der Waals surface area contributed by atoms with Gasteiger partial charge in [0.2, 0.25) is 0 Å². The molecule has 0 saturated heterocycles. The Labute approximate surface area is 184 Å². The van der Waals surface area contributed by atoms with Crippen LogP contribution >= 0.6 is 23.4 Å². The molecule has 6 nitrogen and oxygen atoms in total. The molecule has 0 aliphatic rings. The van der Waals surface area contributed by atoms with Gasteiger partial charge in [-0.2, -0.15) is 13.2 Å². The number of carbonyl (C=O) groups is 1. The lowest BCUT2D eigenvalue weighted by molar-refractivity contribution is -0.385. The monoisotopic (exact) mass is 473 g/mol. The molecule has 0 atom stereocenters. The van der Waals surface area contributed by atoms with Crippen molar-refractivity contribution in [2.45, 2.75) is 12.6 Å². The van der Waals surface area contributed by atoms with Crippen molar-refractivity contribution in [3.63, 3.8) is 0 Å². The number of nitro groups is 1. The molecule has 31 heavy (non-hydrogen) atoms. The van der Waals surface area contributed by atoms with Crippen molar-refractivity contribution in [2.75, 3.05) is 18.1 Å². The zero-order valence-electron chi connectivity index (χ0n) is 15.8. The molecule has 11 heteroatoms. The summed E-state index contributed by atoms with van der Waals surface area (Å²) >= 11 is 7.26. The third kappa shape index (κ3) is 7.38. The number of carbonyl (C=O) groups excluding carboxylic acids is 1. The molecule has 164 valence electrons. The van der Waals surface area contributed by atoms with Gasteiger partial charge in [-0.15, -0.1) is 18.2 Å². The standard InChI is InChI=1S/C20H15ClF3NO5S/c1-2-8-31-9-7-29-19(26)11-13-10-15(4-5-17(13)25(27)28)30-18-6-3-14(12-16(18)21)20(22,23)24/h1,3-6,10,12H,7-9,11H2. The summed E-state index contributed by atoms with van der Waals surface area (Å²) in [5.41, 5.74) is -1.26. The van der Waals surface area contributed by atoms with Crippen LogP contribution in [0.25, 0.3) is 0 Å². The molecule has 2 aromatic rings.